The molecule has 0 atom stereocenters. The van der Waals surface area contributed by atoms with Gasteiger partial charge in [0.05, 0.1) is 16.5 Å². The van der Waals surface area contributed by atoms with Crippen molar-refractivity contribution in [3.63, 3.8) is 0 Å². The molecule has 0 saturated carbocycles. The molecule has 0 bridgehead atoms. The van der Waals surface area contributed by atoms with Crippen molar-refractivity contribution < 1.29 is 23.9 Å². The first-order valence-electron chi connectivity index (χ1n) is 5.34. The van der Waals surface area contributed by atoms with Crippen molar-refractivity contribution in [2.45, 2.75) is 37.9 Å². The van der Waals surface area contributed by atoms with Gasteiger partial charge in [0.25, 0.3) is 0 Å². The van der Waals surface area contributed by atoms with Crippen LogP contribution in [0.5, 0.6) is 0 Å². The van der Waals surface area contributed by atoms with Gasteiger partial charge in [-0.2, -0.15) is 0 Å². The molecule has 0 fully saturated rings. The summed E-state index contributed by atoms with van der Waals surface area (Å²) >= 11 is 3.36. The zero-order chi connectivity index (χ0) is 13.7. The standard InChI is InChI=1S/C10H18BrO5P/c1-4-10(11,5-2)8(7-17(13,14)15)9(12)16-6-3/h7H,4-6H2,1-3H3,(H2,13,14,15). The average molecular weight is 329 g/mol. The molecular weight excluding hydrogens is 311 g/mol. The van der Waals surface area contributed by atoms with Gasteiger partial charge in [-0.05, 0) is 19.8 Å². The van der Waals surface area contributed by atoms with Gasteiger partial charge < -0.3 is 14.5 Å². The fraction of sp³-hybridized carbons (Fsp3) is 0.700. The molecule has 0 aromatic heterocycles. The zero-order valence-corrected chi connectivity index (χ0v) is 12.6. The van der Waals surface area contributed by atoms with Crippen LogP contribution >= 0.6 is 23.5 Å². The minimum atomic E-state index is -4.42. The third-order valence-corrected chi connectivity index (χ3v) is 4.54. The summed E-state index contributed by atoms with van der Waals surface area (Å²) in [6, 6.07) is 0. The summed E-state index contributed by atoms with van der Waals surface area (Å²) in [5, 5.41) is 0. The number of carbonyl (C=O) groups is 1. The molecule has 100 valence electrons. The van der Waals surface area contributed by atoms with Crippen molar-refractivity contribution in [3.05, 3.63) is 11.4 Å². The number of halogens is 1. The Bertz CT molecular complexity index is 343. The van der Waals surface area contributed by atoms with E-state index in [0.29, 0.717) is 18.7 Å². The minimum absolute atomic E-state index is 0.0160. The van der Waals surface area contributed by atoms with Crippen LogP contribution in [0.1, 0.15) is 33.6 Å². The monoisotopic (exact) mass is 328 g/mol. The third-order valence-electron chi connectivity index (χ3n) is 2.40. The van der Waals surface area contributed by atoms with Crippen molar-refractivity contribution >= 4 is 29.5 Å². The maximum absolute atomic E-state index is 11.7. The number of esters is 1. The normalized spacial score (nSPS) is 13.6. The lowest BCUT2D eigenvalue weighted by Crippen LogP contribution is -2.28. The van der Waals surface area contributed by atoms with Gasteiger partial charge in [-0.3, -0.25) is 4.57 Å². The largest absolute Gasteiger partial charge is 0.463 e. The highest BCUT2D eigenvalue weighted by molar-refractivity contribution is 9.10. The third kappa shape index (κ3) is 5.34. The molecule has 0 aromatic rings. The summed E-state index contributed by atoms with van der Waals surface area (Å²) in [6.07, 6.45) is 1.04. The number of alkyl halides is 1. The van der Waals surface area contributed by atoms with E-state index in [1.165, 1.54) is 0 Å². The van der Waals surface area contributed by atoms with Crippen molar-refractivity contribution in [2.75, 3.05) is 6.61 Å². The Hall–Kier alpha value is -0.160. The number of carbonyl (C=O) groups excluding carboxylic acids is 1. The Morgan fingerprint density at radius 1 is 1.35 bits per heavy atom. The predicted molar refractivity (Wildman–Crippen MR) is 69.0 cm³/mol. The van der Waals surface area contributed by atoms with Gasteiger partial charge in [0.15, 0.2) is 0 Å². The number of hydrogen-bond donors (Lipinski definition) is 2. The van der Waals surface area contributed by atoms with E-state index in [9.17, 15) is 9.36 Å². The lowest BCUT2D eigenvalue weighted by atomic mass is 9.94. The molecule has 7 heteroatoms. The Balaban J connectivity index is 5.48. The summed E-state index contributed by atoms with van der Waals surface area (Å²) in [7, 11) is -4.42. The van der Waals surface area contributed by atoms with E-state index >= 15 is 0 Å². The maximum atomic E-state index is 11.7. The average Bonchev–Trinajstić information content (AvgIpc) is 2.24. The van der Waals surface area contributed by atoms with Crippen molar-refractivity contribution in [3.8, 4) is 0 Å². The van der Waals surface area contributed by atoms with E-state index in [4.69, 9.17) is 14.5 Å². The fourth-order valence-electron chi connectivity index (χ4n) is 1.36. The Morgan fingerprint density at radius 3 is 2.12 bits per heavy atom. The molecule has 0 saturated heterocycles. The minimum Gasteiger partial charge on any atom is -0.463 e. The molecule has 5 nitrogen and oxygen atoms in total. The maximum Gasteiger partial charge on any atom is 0.349 e. The first-order chi connectivity index (χ1) is 7.70. The van der Waals surface area contributed by atoms with Crippen LogP contribution in [0.15, 0.2) is 11.4 Å². The topological polar surface area (TPSA) is 83.8 Å². The van der Waals surface area contributed by atoms with Crippen molar-refractivity contribution in [1.82, 2.24) is 0 Å². The molecule has 0 aliphatic carbocycles. The van der Waals surface area contributed by atoms with Crippen LogP contribution in [0, 0.1) is 0 Å². The highest BCUT2D eigenvalue weighted by Gasteiger charge is 2.35. The zero-order valence-electron chi connectivity index (χ0n) is 10.1. The van der Waals surface area contributed by atoms with Gasteiger partial charge in [0, 0.05) is 5.82 Å². The van der Waals surface area contributed by atoms with Crippen LogP contribution in [-0.4, -0.2) is 26.7 Å². The Labute approximate surface area is 110 Å². The molecule has 0 aromatic carbocycles. The highest BCUT2D eigenvalue weighted by Crippen LogP contribution is 2.44. The van der Waals surface area contributed by atoms with E-state index in [0.717, 1.165) is 0 Å². The molecule has 0 amide bonds. The lowest BCUT2D eigenvalue weighted by molar-refractivity contribution is -0.138. The smallest absolute Gasteiger partial charge is 0.349 e. The number of ether oxygens (including phenoxy) is 1. The van der Waals surface area contributed by atoms with Gasteiger partial charge in [0.1, 0.15) is 0 Å². The Morgan fingerprint density at radius 2 is 1.82 bits per heavy atom. The summed E-state index contributed by atoms with van der Waals surface area (Å²) < 4.78 is 15.1. The second-order valence-electron chi connectivity index (χ2n) is 3.52. The van der Waals surface area contributed by atoms with Crippen LogP contribution in [0.3, 0.4) is 0 Å². The summed E-state index contributed by atoms with van der Waals surface area (Å²) in [4.78, 5) is 29.7. The molecule has 0 heterocycles. The molecule has 17 heavy (non-hydrogen) atoms. The second-order valence-corrected chi connectivity index (χ2v) is 6.48. The van der Waals surface area contributed by atoms with Crippen LogP contribution in [0.4, 0.5) is 0 Å². The first kappa shape index (κ1) is 16.8. The molecule has 0 unspecified atom stereocenters. The summed E-state index contributed by atoms with van der Waals surface area (Å²) in [5.74, 6) is -0.0105. The van der Waals surface area contributed by atoms with Crippen LogP contribution in [0.25, 0.3) is 0 Å². The number of rotatable bonds is 6. The van der Waals surface area contributed by atoms with Crippen molar-refractivity contribution in [1.29, 1.82) is 0 Å². The summed E-state index contributed by atoms with van der Waals surface area (Å²) in [5.41, 5.74) is -0.0160. The van der Waals surface area contributed by atoms with E-state index in [1.54, 1.807) is 6.92 Å². The molecule has 0 aliphatic rings. The van der Waals surface area contributed by atoms with E-state index in [1.807, 2.05) is 13.8 Å². The fourth-order valence-corrected chi connectivity index (χ4v) is 2.50. The molecule has 0 radical (unpaired) electrons. The van der Waals surface area contributed by atoms with Crippen LogP contribution < -0.4 is 0 Å². The van der Waals surface area contributed by atoms with Crippen LogP contribution in [0.2, 0.25) is 0 Å². The lowest BCUT2D eigenvalue weighted by Gasteiger charge is -2.26. The quantitative estimate of drug-likeness (QED) is 0.339. The van der Waals surface area contributed by atoms with Gasteiger partial charge in [0.2, 0.25) is 0 Å². The number of hydrogen-bond acceptors (Lipinski definition) is 3. The van der Waals surface area contributed by atoms with Crippen LogP contribution in [-0.2, 0) is 14.1 Å². The van der Waals surface area contributed by atoms with Gasteiger partial charge in [-0.1, -0.05) is 29.8 Å². The van der Waals surface area contributed by atoms with Crippen molar-refractivity contribution in [2.24, 2.45) is 0 Å². The molecule has 0 rings (SSSR count). The van der Waals surface area contributed by atoms with E-state index in [-0.39, 0.29) is 12.2 Å². The predicted octanol–water partition coefficient (Wildman–Crippen LogP) is 2.56. The SMILES string of the molecule is CCOC(=O)C(=CP(=O)(O)O)C(Br)(CC)CC. The molecule has 0 spiro atoms. The molecule has 2 N–H and O–H groups in total. The molecular formula is C10H18BrO5P. The van der Waals surface area contributed by atoms with Gasteiger partial charge in [-0.25, -0.2) is 4.79 Å². The second kappa shape index (κ2) is 6.69. The van der Waals surface area contributed by atoms with E-state index in [2.05, 4.69) is 15.9 Å². The summed E-state index contributed by atoms with van der Waals surface area (Å²) in [6.45, 7) is 5.45. The molecule has 0 aliphatic heterocycles. The Kier molecular flexibility index (Phi) is 6.62. The first-order valence-corrected chi connectivity index (χ1v) is 7.82. The van der Waals surface area contributed by atoms with E-state index < -0.39 is 17.9 Å². The van der Waals surface area contributed by atoms with Gasteiger partial charge in [-0.15, -0.1) is 0 Å². The van der Waals surface area contributed by atoms with Gasteiger partial charge >= 0.3 is 13.6 Å². The highest BCUT2D eigenvalue weighted by atomic mass is 79.9.